The SMILES string of the molecule is C#N.Cc1cccc(F)c1C. The van der Waals surface area contributed by atoms with Gasteiger partial charge in [-0.3, -0.25) is 0 Å². The largest absolute Gasteiger partial charge is 0.207 e. The monoisotopic (exact) mass is 151 g/mol. The first-order valence-electron chi connectivity index (χ1n) is 3.19. The molecule has 1 aromatic carbocycles. The zero-order valence-corrected chi connectivity index (χ0v) is 6.63. The highest BCUT2D eigenvalue weighted by atomic mass is 19.1. The highest BCUT2D eigenvalue weighted by Gasteiger charge is 1.95. The molecule has 58 valence electrons. The van der Waals surface area contributed by atoms with Gasteiger partial charge in [0.1, 0.15) is 5.82 Å². The summed E-state index contributed by atoms with van der Waals surface area (Å²) >= 11 is 0. The van der Waals surface area contributed by atoms with Crippen molar-refractivity contribution in [3.8, 4) is 6.57 Å². The van der Waals surface area contributed by atoms with Gasteiger partial charge in [-0.15, -0.1) is 0 Å². The molecule has 1 rings (SSSR count). The second-order valence-corrected chi connectivity index (χ2v) is 2.18. The summed E-state index contributed by atoms with van der Waals surface area (Å²) in [5, 5.41) is 6.50. The molecule has 2 heteroatoms. The van der Waals surface area contributed by atoms with Crippen LogP contribution < -0.4 is 0 Å². The number of benzene rings is 1. The van der Waals surface area contributed by atoms with E-state index in [9.17, 15) is 4.39 Å². The molecule has 0 aliphatic heterocycles. The van der Waals surface area contributed by atoms with Gasteiger partial charge in [0.15, 0.2) is 0 Å². The van der Waals surface area contributed by atoms with Crippen molar-refractivity contribution in [1.29, 1.82) is 5.26 Å². The van der Waals surface area contributed by atoms with Gasteiger partial charge in [-0.1, -0.05) is 12.1 Å². The molecular formula is C9H10FN. The molecular weight excluding hydrogens is 141 g/mol. The molecule has 0 spiro atoms. The van der Waals surface area contributed by atoms with Crippen LogP contribution in [0.15, 0.2) is 18.2 Å². The molecule has 0 saturated carbocycles. The van der Waals surface area contributed by atoms with Crippen LogP contribution >= 0.6 is 0 Å². The Morgan fingerprint density at radius 3 is 2.18 bits per heavy atom. The van der Waals surface area contributed by atoms with Crippen molar-refractivity contribution in [1.82, 2.24) is 0 Å². The topological polar surface area (TPSA) is 23.8 Å². The summed E-state index contributed by atoms with van der Waals surface area (Å²) < 4.78 is 12.6. The Kier molecular flexibility index (Phi) is 3.90. The minimum atomic E-state index is -0.116. The van der Waals surface area contributed by atoms with Gasteiger partial charge >= 0.3 is 0 Å². The lowest BCUT2D eigenvalue weighted by molar-refractivity contribution is 0.617. The zero-order valence-electron chi connectivity index (χ0n) is 6.63. The third-order valence-electron chi connectivity index (χ3n) is 1.54. The normalized spacial score (nSPS) is 8.09. The second-order valence-electron chi connectivity index (χ2n) is 2.18. The van der Waals surface area contributed by atoms with E-state index in [0.29, 0.717) is 0 Å². The lowest BCUT2D eigenvalue weighted by atomic mass is 10.1. The highest BCUT2D eigenvalue weighted by molar-refractivity contribution is 5.25. The summed E-state index contributed by atoms with van der Waals surface area (Å²) in [6.07, 6.45) is 0. The highest BCUT2D eigenvalue weighted by Crippen LogP contribution is 2.09. The van der Waals surface area contributed by atoms with Crippen molar-refractivity contribution in [2.45, 2.75) is 13.8 Å². The summed E-state index contributed by atoms with van der Waals surface area (Å²) in [7, 11) is 0. The average Bonchev–Trinajstić information content (AvgIpc) is 2.04. The second kappa shape index (κ2) is 4.45. The molecule has 0 N–H and O–H groups in total. The molecule has 0 amide bonds. The fourth-order valence-electron chi connectivity index (χ4n) is 0.715. The number of hydrogen-bond donors (Lipinski definition) is 0. The molecule has 0 saturated heterocycles. The predicted molar refractivity (Wildman–Crippen MR) is 42.5 cm³/mol. The molecule has 0 radical (unpaired) electrons. The molecule has 0 atom stereocenters. The van der Waals surface area contributed by atoms with Crippen molar-refractivity contribution in [3.05, 3.63) is 35.1 Å². The van der Waals surface area contributed by atoms with Crippen molar-refractivity contribution >= 4 is 0 Å². The first kappa shape index (κ1) is 9.64. The molecule has 1 aromatic rings. The maximum atomic E-state index is 12.6. The first-order valence-corrected chi connectivity index (χ1v) is 3.19. The maximum Gasteiger partial charge on any atom is 0.126 e. The summed E-state index contributed by atoms with van der Waals surface area (Å²) in [6.45, 7) is 7.18. The van der Waals surface area contributed by atoms with Gasteiger partial charge < -0.3 is 0 Å². The van der Waals surface area contributed by atoms with E-state index in [0.717, 1.165) is 11.1 Å². The number of halogens is 1. The predicted octanol–water partition coefficient (Wildman–Crippen LogP) is 2.58. The van der Waals surface area contributed by atoms with E-state index < -0.39 is 0 Å². The van der Waals surface area contributed by atoms with E-state index in [1.54, 1.807) is 13.0 Å². The maximum absolute atomic E-state index is 12.6. The number of nitriles is 1. The number of aryl methyl sites for hydroxylation is 1. The van der Waals surface area contributed by atoms with Crippen LogP contribution in [0.1, 0.15) is 11.1 Å². The molecule has 0 aliphatic carbocycles. The molecule has 11 heavy (non-hydrogen) atoms. The molecule has 0 heterocycles. The lowest BCUT2D eigenvalue weighted by Gasteiger charge is -1.97. The van der Waals surface area contributed by atoms with E-state index in [4.69, 9.17) is 5.26 Å². The van der Waals surface area contributed by atoms with Crippen LogP contribution in [0.2, 0.25) is 0 Å². The smallest absolute Gasteiger partial charge is 0.126 e. The molecule has 0 aliphatic rings. The zero-order chi connectivity index (χ0) is 8.85. The van der Waals surface area contributed by atoms with Crippen LogP contribution in [0.25, 0.3) is 0 Å². The lowest BCUT2D eigenvalue weighted by Crippen LogP contribution is -1.83. The van der Waals surface area contributed by atoms with Gasteiger partial charge in [0.05, 0.1) is 0 Å². The molecule has 0 aromatic heterocycles. The van der Waals surface area contributed by atoms with E-state index in [1.807, 2.05) is 13.0 Å². The van der Waals surface area contributed by atoms with Gasteiger partial charge in [-0.2, -0.15) is 0 Å². The minimum absolute atomic E-state index is 0.116. The van der Waals surface area contributed by atoms with Gasteiger partial charge in [0, 0.05) is 6.57 Å². The Labute approximate surface area is 66.1 Å². The molecule has 0 fully saturated rings. The average molecular weight is 151 g/mol. The van der Waals surface area contributed by atoms with Gasteiger partial charge in [-0.05, 0) is 31.0 Å². The summed E-state index contributed by atoms with van der Waals surface area (Å²) in [6, 6.07) is 5.10. The van der Waals surface area contributed by atoms with Crippen LogP contribution in [0.5, 0.6) is 0 Å². The van der Waals surface area contributed by atoms with Crippen molar-refractivity contribution in [2.75, 3.05) is 0 Å². The van der Waals surface area contributed by atoms with E-state index in [1.165, 1.54) is 6.07 Å². The standard InChI is InChI=1S/C8H9F.CHN/c1-6-4-3-5-8(9)7(6)2;1-2/h3-5H,1-2H3;1H. The Hall–Kier alpha value is -1.36. The van der Waals surface area contributed by atoms with Gasteiger partial charge in [0.2, 0.25) is 0 Å². The number of hydrogen-bond acceptors (Lipinski definition) is 1. The fraction of sp³-hybridized carbons (Fsp3) is 0.222. The van der Waals surface area contributed by atoms with E-state index in [2.05, 4.69) is 6.57 Å². The number of nitrogens with zero attached hydrogens (tertiary/aromatic N) is 1. The molecule has 1 nitrogen and oxygen atoms in total. The van der Waals surface area contributed by atoms with Crippen molar-refractivity contribution in [3.63, 3.8) is 0 Å². The minimum Gasteiger partial charge on any atom is -0.207 e. The Bertz CT molecular complexity index is 233. The molecule has 0 unspecified atom stereocenters. The van der Waals surface area contributed by atoms with Crippen molar-refractivity contribution < 1.29 is 4.39 Å². The van der Waals surface area contributed by atoms with Crippen LogP contribution in [0, 0.1) is 31.5 Å². The van der Waals surface area contributed by atoms with Crippen LogP contribution in [0.4, 0.5) is 4.39 Å². The third-order valence-corrected chi connectivity index (χ3v) is 1.54. The number of rotatable bonds is 0. The van der Waals surface area contributed by atoms with Crippen LogP contribution in [0.3, 0.4) is 0 Å². The summed E-state index contributed by atoms with van der Waals surface area (Å²) in [5.41, 5.74) is 1.76. The van der Waals surface area contributed by atoms with E-state index in [-0.39, 0.29) is 5.82 Å². The van der Waals surface area contributed by atoms with Gasteiger partial charge in [0.25, 0.3) is 0 Å². The quantitative estimate of drug-likeness (QED) is 0.559. The van der Waals surface area contributed by atoms with Crippen LogP contribution in [-0.2, 0) is 0 Å². The summed E-state index contributed by atoms with van der Waals surface area (Å²) in [4.78, 5) is 0. The van der Waals surface area contributed by atoms with E-state index >= 15 is 0 Å². The molecule has 0 bridgehead atoms. The Morgan fingerprint density at radius 2 is 1.82 bits per heavy atom. The van der Waals surface area contributed by atoms with Crippen molar-refractivity contribution in [2.24, 2.45) is 0 Å². The fourth-order valence-corrected chi connectivity index (χ4v) is 0.715. The van der Waals surface area contributed by atoms with Crippen LogP contribution in [-0.4, -0.2) is 0 Å². The Balaban J connectivity index is 0.000000461. The van der Waals surface area contributed by atoms with Gasteiger partial charge in [-0.25, -0.2) is 9.65 Å². The first-order chi connectivity index (χ1) is 5.22. The third kappa shape index (κ3) is 2.38. The summed E-state index contributed by atoms with van der Waals surface area (Å²) in [5.74, 6) is -0.116. The Morgan fingerprint density at radius 1 is 1.27 bits per heavy atom.